The summed E-state index contributed by atoms with van der Waals surface area (Å²) in [5.41, 5.74) is 5.82. The zero-order valence-corrected chi connectivity index (χ0v) is 12.1. The van der Waals surface area contributed by atoms with E-state index in [1.54, 1.807) is 0 Å². The largest absolute Gasteiger partial charge is 0.493 e. The van der Waals surface area contributed by atoms with Gasteiger partial charge in [-0.05, 0) is 17.7 Å². The van der Waals surface area contributed by atoms with Crippen LogP contribution in [0.2, 0.25) is 0 Å². The molecule has 0 aliphatic carbocycles. The first-order valence-corrected chi connectivity index (χ1v) is 5.44. The van der Waals surface area contributed by atoms with Crippen LogP contribution < -0.4 is 19.9 Å². The molecule has 0 aliphatic heterocycles. The minimum atomic E-state index is -4.33. The first kappa shape index (κ1) is 18.7. The van der Waals surface area contributed by atoms with Crippen molar-refractivity contribution in [2.45, 2.75) is 18.6 Å². The van der Waals surface area contributed by atoms with E-state index in [9.17, 15) is 13.2 Å². The lowest BCUT2D eigenvalue weighted by atomic mass is 10.0. The van der Waals surface area contributed by atoms with Crippen LogP contribution in [0.4, 0.5) is 13.2 Å². The number of alkyl halides is 3. The van der Waals surface area contributed by atoms with Crippen LogP contribution >= 0.6 is 12.4 Å². The van der Waals surface area contributed by atoms with E-state index in [2.05, 4.69) is 0 Å². The normalized spacial score (nSPS) is 12.3. The molecule has 0 bridgehead atoms. The van der Waals surface area contributed by atoms with Gasteiger partial charge in [-0.25, -0.2) is 0 Å². The fourth-order valence-electron chi connectivity index (χ4n) is 1.68. The number of methoxy groups -OCH3 is 3. The zero-order valence-electron chi connectivity index (χ0n) is 11.3. The van der Waals surface area contributed by atoms with E-state index in [0.717, 1.165) is 0 Å². The van der Waals surface area contributed by atoms with E-state index in [4.69, 9.17) is 19.9 Å². The summed E-state index contributed by atoms with van der Waals surface area (Å²) in [6, 6.07) is 1.64. The van der Waals surface area contributed by atoms with Crippen molar-refractivity contribution in [3.05, 3.63) is 17.7 Å². The molecule has 0 aromatic heterocycles. The molecule has 0 radical (unpaired) electrons. The molecular formula is C12H17ClF3NO3. The summed E-state index contributed by atoms with van der Waals surface area (Å²) in [5.74, 6) is 0.858. The molecule has 8 heteroatoms. The monoisotopic (exact) mass is 315 g/mol. The van der Waals surface area contributed by atoms with Crippen LogP contribution in [0, 0.1) is 0 Å². The smallest absolute Gasteiger partial charge is 0.390 e. The van der Waals surface area contributed by atoms with Crippen molar-refractivity contribution < 1.29 is 27.4 Å². The summed E-state index contributed by atoms with van der Waals surface area (Å²) in [6.07, 6.45) is -5.45. The molecule has 0 amide bonds. The summed E-state index contributed by atoms with van der Waals surface area (Å²) in [4.78, 5) is 0. The van der Waals surface area contributed by atoms with Crippen LogP contribution in [0.3, 0.4) is 0 Å². The van der Waals surface area contributed by atoms with E-state index in [1.165, 1.54) is 33.5 Å². The Morgan fingerprint density at radius 1 is 1.05 bits per heavy atom. The van der Waals surface area contributed by atoms with Gasteiger partial charge >= 0.3 is 6.18 Å². The summed E-state index contributed by atoms with van der Waals surface area (Å²) in [6.45, 7) is 0. The van der Waals surface area contributed by atoms with Crippen molar-refractivity contribution in [2.75, 3.05) is 21.3 Å². The van der Waals surface area contributed by atoms with Gasteiger partial charge in [-0.2, -0.15) is 13.2 Å². The number of ether oxygens (including phenoxy) is 3. The van der Waals surface area contributed by atoms with Crippen LogP contribution in [0.1, 0.15) is 18.0 Å². The highest BCUT2D eigenvalue weighted by molar-refractivity contribution is 5.85. The number of rotatable bonds is 5. The average molecular weight is 316 g/mol. The molecule has 116 valence electrons. The van der Waals surface area contributed by atoms with Gasteiger partial charge in [-0.1, -0.05) is 0 Å². The number of hydrogen-bond donors (Lipinski definition) is 1. The molecule has 0 spiro atoms. The molecule has 0 aliphatic rings. The second-order valence-electron chi connectivity index (χ2n) is 3.88. The molecule has 4 nitrogen and oxygen atoms in total. The Hall–Kier alpha value is -1.34. The lowest BCUT2D eigenvalue weighted by Gasteiger charge is -2.18. The SMILES string of the molecule is COc1cc([C@@H](N)CC(F)(F)F)cc(OC)c1OC.Cl. The van der Waals surface area contributed by atoms with Gasteiger partial charge in [0.15, 0.2) is 11.5 Å². The minimum absolute atomic E-state index is 0. The Labute approximate surface area is 121 Å². The standard InChI is InChI=1S/C12H16F3NO3.ClH/c1-17-9-4-7(8(16)6-12(13,14)15)5-10(18-2)11(9)19-3;/h4-5,8H,6,16H2,1-3H3;1H/t8-;/m0./s1. The van der Waals surface area contributed by atoms with Gasteiger partial charge < -0.3 is 19.9 Å². The second-order valence-corrected chi connectivity index (χ2v) is 3.88. The molecule has 1 atom stereocenters. The predicted molar refractivity (Wildman–Crippen MR) is 70.9 cm³/mol. The highest BCUT2D eigenvalue weighted by Crippen LogP contribution is 2.40. The third-order valence-corrected chi connectivity index (χ3v) is 2.57. The zero-order chi connectivity index (χ0) is 14.6. The van der Waals surface area contributed by atoms with Crippen molar-refractivity contribution in [1.29, 1.82) is 0 Å². The summed E-state index contributed by atoms with van der Waals surface area (Å²) < 4.78 is 52.2. The molecule has 0 saturated carbocycles. The Morgan fingerprint density at radius 2 is 1.50 bits per heavy atom. The van der Waals surface area contributed by atoms with Gasteiger partial charge in [-0.15, -0.1) is 12.4 Å². The molecule has 1 aromatic rings. The minimum Gasteiger partial charge on any atom is -0.493 e. The Balaban J connectivity index is 0.00000361. The van der Waals surface area contributed by atoms with Crippen LogP contribution in [0.25, 0.3) is 0 Å². The van der Waals surface area contributed by atoms with Gasteiger partial charge in [0.25, 0.3) is 0 Å². The quantitative estimate of drug-likeness (QED) is 0.907. The Bertz CT molecular complexity index is 415. The number of nitrogens with two attached hydrogens (primary N) is 1. The average Bonchev–Trinajstić information content (AvgIpc) is 2.34. The van der Waals surface area contributed by atoms with Crippen LogP contribution in [0.5, 0.6) is 17.2 Å². The highest BCUT2D eigenvalue weighted by atomic mass is 35.5. The van der Waals surface area contributed by atoms with Gasteiger partial charge in [0.1, 0.15) is 0 Å². The Morgan fingerprint density at radius 3 is 1.80 bits per heavy atom. The molecule has 0 unspecified atom stereocenters. The third kappa shape index (κ3) is 4.64. The maximum absolute atomic E-state index is 12.3. The van der Waals surface area contributed by atoms with Crippen molar-refractivity contribution >= 4 is 12.4 Å². The van der Waals surface area contributed by atoms with Crippen molar-refractivity contribution in [3.8, 4) is 17.2 Å². The summed E-state index contributed by atoms with van der Waals surface area (Å²) in [7, 11) is 4.18. The van der Waals surface area contributed by atoms with Crippen LogP contribution in [-0.2, 0) is 0 Å². The van der Waals surface area contributed by atoms with E-state index < -0.39 is 18.6 Å². The topological polar surface area (TPSA) is 53.7 Å². The van der Waals surface area contributed by atoms with E-state index >= 15 is 0 Å². The first-order valence-electron chi connectivity index (χ1n) is 5.44. The van der Waals surface area contributed by atoms with Gasteiger partial charge in [-0.3, -0.25) is 0 Å². The van der Waals surface area contributed by atoms with Crippen molar-refractivity contribution in [3.63, 3.8) is 0 Å². The predicted octanol–water partition coefficient (Wildman–Crippen LogP) is 3.09. The van der Waals surface area contributed by atoms with Crippen molar-refractivity contribution in [1.82, 2.24) is 0 Å². The molecule has 20 heavy (non-hydrogen) atoms. The fraction of sp³-hybridized carbons (Fsp3) is 0.500. The first-order chi connectivity index (χ1) is 8.82. The van der Waals surface area contributed by atoms with E-state index in [0.29, 0.717) is 5.75 Å². The molecule has 1 rings (SSSR count). The molecule has 0 heterocycles. The Kier molecular flexibility index (Phi) is 6.95. The maximum Gasteiger partial charge on any atom is 0.390 e. The molecular weight excluding hydrogens is 299 g/mol. The van der Waals surface area contributed by atoms with Crippen molar-refractivity contribution in [2.24, 2.45) is 5.73 Å². The fourth-order valence-corrected chi connectivity index (χ4v) is 1.68. The number of halogens is 4. The molecule has 0 saturated heterocycles. The summed E-state index contributed by atoms with van der Waals surface area (Å²) in [5, 5.41) is 0. The van der Waals surface area contributed by atoms with Crippen LogP contribution in [-0.4, -0.2) is 27.5 Å². The molecule has 0 fully saturated rings. The van der Waals surface area contributed by atoms with Gasteiger partial charge in [0.2, 0.25) is 5.75 Å². The van der Waals surface area contributed by atoms with Gasteiger partial charge in [0, 0.05) is 6.04 Å². The highest BCUT2D eigenvalue weighted by Gasteiger charge is 2.31. The molecule has 1 aromatic carbocycles. The third-order valence-electron chi connectivity index (χ3n) is 2.57. The lowest BCUT2D eigenvalue weighted by molar-refractivity contribution is -0.138. The number of benzene rings is 1. The number of hydrogen-bond acceptors (Lipinski definition) is 4. The second kappa shape index (κ2) is 7.44. The molecule has 2 N–H and O–H groups in total. The van der Waals surface area contributed by atoms with Crippen LogP contribution in [0.15, 0.2) is 12.1 Å². The lowest BCUT2D eigenvalue weighted by Crippen LogP contribution is -2.20. The van der Waals surface area contributed by atoms with Gasteiger partial charge in [0.05, 0.1) is 27.8 Å². The van der Waals surface area contributed by atoms with E-state index in [1.807, 2.05) is 0 Å². The van der Waals surface area contributed by atoms with E-state index in [-0.39, 0.29) is 29.5 Å². The summed E-state index contributed by atoms with van der Waals surface area (Å²) >= 11 is 0. The maximum atomic E-state index is 12.3.